The standard InChI is InChI=1S/C25H34N4O2/c1-18(2)15-23(27-21-8-6-7-19(16-21)17-26)25(31)28-20-10-12-22(13-11-20)29-14-5-3-4-9-24(29)30/h6-8,10-13,16,18,23,27H,3-5,9,14-15,17,26H2,1-2H3,(H,28,31)/t23-/m1/s1. The second-order valence-corrected chi connectivity index (χ2v) is 8.62. The molecule has 0 spiro atoms. The molecule has 1 fully saturated rings. The number of hydrogen-bond donors (Lipinski definition) is 3. The van der Waals surface area contributed by atoms with Gasteiger partial charge in [-0.15, -0.1) is 0 Å². The third-order valence-corrected chi connectivity index (χ3v) is 5.55. The topological polar surface area (TPSA) is 87.5 Å². The van der Waals surface area contributed by atoms with E-state index >= 15 is 0 Å². The molecule has 166 valence electrons. The van der Waals surface area contributed by atoms with Crippen molar-refractivity contribution in [2.45, 2.75) is 58.5 Å². The highest BCUT2D eigenvalue weighted by Gasteiger charge is 2.21. The van der Waals surface area contributed by atoms with Crippen molar-refractivity contribution in [3.05, 3.63) is 54.1 Å². The van der Waals surface area contributed by atoms with Crippen molar-refractivity contribution in [2.75, 3.05) is 22.1 Å². The van der Waals surface area contributed by atoms with Crippen LogP contribution in [0.2, 0.25) is 0 Å². The first-order valence-electron chi connectivity index (χ1n) is 11.2. The van der Waals surface area contributed by atoms with E-state index in [1.54, 1.807) is 0 Å². The van der Waals surface area contributed by atoms with Crippen LogP contribution in [0.5, 0.6) is 0 Å². The number of carbonyl (C=O) groups excluding carboxylic acids is 2. The molecule has 0 aliphatic carbocycles. The van der Waals surface area contributed by atoms with Crippen LogP contribution in [-0.2, 0) is 16.1 Å². The summed E-state index contributed by atoms with van der Waals surface area (Å²) in [5.41, 5.74) is 9.27. The minimum absolute atomic E-state index is 0.0783. The Morgan fingerprint density at radius 3 is 2.55 bits per heavy atom. The Balaban J connectivity index is 1.68. The third kappa shape index (κ3) is 6.56. The molecule has 6 heteroatoms. The smallest absolute Gasteiger partial charge is 0.246 e. The molecular weight excluding hydrogens is 388 g/mol. The number of nitrogens with zero attached hydrogens (tertiary/aromatic N) is 1. The summed E-state index contributed by atoms with van der Waals surface area (Å²) in [6.45, 7) is 5.42. The molecule has 0 unspecified atom stereocenters. The normalized spacial score (nSPS) is 15.5. The lowest BCUT2D eigenvalue weighted by Crippen LogP contribution is -2.36. The Hall–Kier alpha value is -2.86. The highest BCUT2D eigenvalue weighted by atomic mass is 16.2. The van der Waals surface area contributed by atoms with Gasteiger partial charge in [0.1, 0.15) is 6.04 Å². The van der Waals surface area contributed by atoms with E-state index in [4.69, 9.17) is 5.73 Å². The van der Waals surface area contributed by atoms with Crippen LogP contribution in [0.25, 0.3) is 0 Å². The number of amides is 2. The maximum absolute atomic E-state index is 13.0. The van der Waals surface area contributed by atoms with Crippen molar-refractivity contribution >= 4 is 28.9 Å². The van der Waals surface area contributed by atoms with E-state index in [0.717, 1.165) is 48.4 Å². The molecule has 6 nitrogen and oxygen atoms in total. The monoisotopic (exact) mass is 422 g/mol. The van der Waals surface area contributed by atoms with Crippen molar-refractivity contribution in [2.24, 2.45) is 11.7 Å². The highest BCUT2D eigenvalue weighted by Crippen LogP contribution is 2.23. The van der Waals surface area contributed by atoms with Crippen molar-refractivity contribution in [3.8, 4) is 0 Å². The summed E-state index contributed by atoms with van der Waals surface area (Å²) in [6, 6.07) is 15.0. The first-order valence-corrected chi connectivity index (χ1v) is 11.2. The summed E-state index contributed by atoms with van der Waals surface area (Å²) in [6.07, 6.45) is 4.39. The summed E-state index contributed by atoms with van der Waals surface area (Å²) in [7, 11) is 0. The number of rotatable bonds is 8. The average molecular weight is 423 g/mol. The second kappa shape index (κ2) is 11.0. The number of hydrogen-bond acceptors (Lipinski definition) is 4. The number of carbonyl (C=O) groups is 2. The van der Waals surface area contributed by atoms with E-state index in [2.05, 4.69) is 24.5 Å². The van der Waals surface area contributed by atoms with Gasteiger partial charge in [-0.3, -0.25) is 9.59 Å². The van der Waals surface area contributed by atoms with E-state index in [0.29, 0.717) is 25.3 Å². The fourth-order valence-corrected chi connectivity index (χ4v) is 3.90. The van der Waals surface area contributed by atoms with Gasteiger partial charge in [-0.2, -0.15) is 0 Å². The molecule has 31 heavy (non-hydrogen) atoms. The summed E-state index contributed by atoms with van der Waals surface area (Å²) in [4.78, 5) is 27.2. The Kier molecular flexibility index (Phi) is 8.06. The Labute approximate surface area is 185 Å². The van der Waals surface area contributed by atoms with Gasteiger partial charge in [-0.05, 0) is 67.1 Å². The van der Waals surface area contributed by atoms with Gasteiger partial charge in [0.25, 0.3) is 0 Å². The number of anilines is 3. The van der Waals surface area contributed by atoms with E-state index in [1.807, 2.05) is 53.4 Å². The van der Waals surface area contributed by atoms with Crippen LogP contribution in [-0.4, -0.2) is 24.4 Å². The Morgan fingerprint density at radius 2 is 1.84 bits per heavy atom. The van der Waals surface area contributed by atoms with Crippen LogP contribution < -0.4 is 21.3 Å². The van der Waals surface area contributed by atoms with Crippen LogP contribution in [0.15, 0.2) is 48.5 Å². The van der Waals surface area contributed by atoms with Crippen molar-refractivity contribution in [3.63, 3.8) is 0 Å². The van der Waals surface area contributed by atoms with E-state index in [1.165, 1.54) is 0 Å². The van der Waals surface area contributed by atoms with Crippen LogP contribution in [0, 0.1) is 5.92 Å². The maximum atomic E-state index is 13.0. The fourth-order valence-electron chi connectivity index (χ4n) is 3.90. The van der Waals surface area contributed by atoms with Crippen LogP contribution in [0.4, 0.5) is 17.1 Å². The molecule has 2 aromatic carbocycles. The van der Waals surface area contributed by atoms with Crippen LogP contribution in [0.1, 0.15) is 51.5 Å². The number of nitrogens with one attached hydrogen (secondary N) is 2. The molecule has 1 saturated heterocycles. The molecule has 3 rings (SSSR count). The van der Waals surface area contributed by atoms with Crippen LogP contribution >= 0.6 is 0 Å². The van der Waals surface area contributed by atoms with Gasteiger partial charge in [-0.25, -0.2) is 0 Å². The van der Waals surface area contributed by atoms with Crippen molar-refractivity contribution in [1.82, 2.24) is 0 Å². The van der Waals surface area contributed by atoms with Gasteiger partial charge in [-0.1, -0.05) is 32.4 Å². The summed E-state index contributed by atoms with van der Waals surface area (Å²) in [5, 5.41) is 6.38. The van der Waals surface area contributed by atoms with Crippen molar-refractivity contribution in [1.29, 1.82) is 0 Å². The number of nitrogens with two attached hydrogens (primary N) is 1. The van der Waals surface area contributed by atoms with Gasteiger partial charge >= 0.3 is 0 Å². The molecule has 1 aliphatic rings. The minimum Gasteiger partial charge on any atom is -0.374 e. The van der Waals surface area contributed by atoms with Gasteiger partial charge in [0.15, 0.2) is 0 Å². The molecule has 1 aliphatic heterocycles. The molecule has 0 bridgehead atoms. The predicted octanol–water partition coefficient (Wildman–Crippen LogP) is 4.52. The molecular formula is C25H34N4O2. The Morgan fingerprint density at radius 1 is 1.06 bits per heavy atom. The van der Waals surface area contributed by atoms with Crippen LogP contribution in [0.3, 0.4) is 0 Å². The van der Waals surface area contributed by atoms with Gasteiger partial charge < -0.3 is 21.3 Å². The summed E-state index contributed by atoms with van der Waals surface area (Å²) < 4.78 is 0. The minimum atomic E-state index is -0.361. The quantitative estimate of drug-likeness (QED) is 0.584. The molecule has 2 aromatic rings. The second-order valence-electron chi connectivity index (χ2n) is 8.62. The molecule has 0 radical (unpaired) electrons. The number of benzene rings is 2. The molecule has 0 saturated carbocycles. The van der Waals surface area contributed by atoms with Gasteiger partial charge in [0.05, 0.1) is 0 Å². The zero-order valence-electron chi connectivity index (χ0n) is 18.6. The lowest BCUT2D eigenvalue weighted by atomic mass is 10.0. The molecule has 4 N–H and O–H groups in total. The zero-order chi connectivity index (χ0) is 22.2. The maximum Gasteiger partial charge on any atom is 0.246 e. The van der Waals surface area contributed by atoms with Crippen molar-refractivity contribution < 1.29 is 9.59 Å². The highest BCUT2D eigenvalue weighted by molar-refractivity contribution is 5.97. The fraction of sp³-hybridized carbons (Fsp3) is 0.440. The predicted molar refractivity (Wildman–Crippen MR) is 127 cm³/mol. The molecule has 1 heterocycles. The Bertz CT molecular complexity index is 879. The van der Waals surface area contributed by atoms with E-state index in [-0.39, 0.29) is 17.9 Å². The lowest BCUT2D eigenvalue weighted by molar-refractivity contribution is -0.118. The SMILES string of the molecule is CC(C)C[C@@H](Nc1cccc(CN)c1)C(=O)Nc1ccc(N2CCCCCC2=O)cc1. The summed E-state index contributed by atoms with van der Waals surface area (Å²) in [5.74, 6) is 0.456. The summed E-state index contributed by atoms with van der Waals surface area (Å²) >= 11 is 0. The van der Waals surface area contributed by atoms with E-state index in [9.17, 15) is 9.59 Å². The first kappa shape index (κ1) is 22.8. The van der Waals surface area contributed by atoms with Gasteiger partial charge in [0.2, 0.25) is 11.8 Å². The third-order valence-electron chi connectivity index (χ3n) is 5.55. The van der Waals surface area contributed by atoms with E-state index < -0.39 is 0 Å². The molecule has 2 amide bonds. The average Bonchev–Trinajstić information content (AvgIpc) is 2.98. The molecule has 0 aromatic heterocycles. The van der Waals surface area contributed by atoms with Gasteiger partial charge in [0, 0.05) is 36.6 Å². The first-order chi connectivity index (χ1) is 15.0. The lowest BCUT2D eigenvalue weighted by Gasteiger charge is -2.23. The molecule has 1 atom stereocenters. The largest absolute Gasteiger partial charge is 0.374 e. The zero-order valence-corrected chi connectivity index (χ0v) is 18.6.